The summed E-state index contributed by atoms with van der Waals surface area (Å²) in [6, 6.07) is 8.90. The van der Waals surface area contributed by atoms with E-state index < -0.39 is 0 Å². The Hall–Kier alpha value is -0.860. The minimum Gasteiger partial charge on any atom is -0.377 e. The molecule has 106 valence electrons. The van der Waals surface area contributed by atoms with E-state index in [0.29, 0.717) is 0 Å². The second kappa shape index (κ2) is 7.06. The van der Waals surface area contributed by atoms with E-state index in [-0.39, 0.29) is 12.1 Å². The van der Waals surface area contributed by atoms with E-state index in [9.17, 15) is 0 Å². The maximum atomic E-state index is 6.36. The molecule has 1 aromatic carbocycles. The normalized spacial score (nSPS) is 18.9. The lowest BCUT2D eigenvalue weighted by Gasteiger charge is -2.27. The van der Waals surface area contributed by atoms with Crippen LogP contribution in [-0.2, 0) is 4.74 Å². The average molecular weight is 261 g/mol. The van der Waals surface area contributed by atoms with Crippen LogP contribution in [0.15, 0.2) is 24.3 Å². The lowest BCUT2D eigenvalue weighted by Crippen LogP contribution is -2.29. The van der Waals surface area contributed by atoms with Crippen LogP contribution in [0.25, 0.3) is 0 Å². The second-order valence-electron chi connectivity index (χ2n) is 5.60. The maximum absolute atomic E-state index is 6.36. The van der Waals surface area contributed by atoms with E-state index in [1.807, 2.05) is 6.92 Å². The van der Waals surface area contributed by atoms with Gasteiger partial charge in [-0.2, -0.15) is 0 Å². The Morgan fingerprint density at radius 3 is 2.37 bits per heavy atom. The third-order valence-corrected chi connectivity index (χ3v) is 4.25. The van der Waals surface area contributed by atoms with Crippen molar-refractivity contribution in [2.24, 2.45) is 5.73 Å². The highest BCUT2D eigenvalue weighted by Gasteiger charge is 2.21. The highest BCUT2D eigenvalue weighted by Crippen LogP contribution is 2.36. The molecule has 0 aliphatic heterocycles. The van der Waals surface area contributed by atoms with Crippen LogP contribution < -0.4 is 5.73 Å². The third-order valence-electron chi connectivity index (χ3n) is 4.25. The van der Waals surface area contributed by atoms with E-state index in [0.717, 1.165) is 25.4 Å². The van der Waals surface area contributed by atoms with Crippen LogP contribution in [0.2, 0.25) is 0 Å². The fourth-order valence-corrected chi connectivity index (χ4v) is 2.81. The van der Waals surface area contributed by atoms with E-state index in [1.165, 1.54) is 30.4 Å². The minimum atomic E-state index is -0.00431. The van der Waals surface area contributed by atoms with Gasteiger partial charge in [-0.3, -0.25) is 0 Å². The van der Waals surface area contributed by atoms with Gasteiger partial charge in [-0.05, 0) is 43.2 Å². The van der Waals surface area contributed by atoms with Crippen LogP contribution in [-0.4, -0.2) is 12.7 Å². The van der Waals surface area contributed by atoms with Crippen molar-refractivity contribution in [3.8, 4) is 0 Å². The first-order valence-electron chi connectivity index (χ1n) is 7.73. The zero-order valence-electron chi connectivity index (χ0n) is 12.3. The molecule has 2 rings (SSSR count). The number of ether oxygens (including phenoxy) is 1. The fourth-order valence-electron chi connectivity index (χ4n) is 2.81. The molecule has 1 saturated carbocycles. The SMILES string of the molecule is CCCC(OCC)C(N)c1ccc(C2CCC2)cc1. The van der Waals surface area contributed by atoms with Gasteiger partial charge in [0.15, 0.2) is 0 Å². The van der Waals surface area contributed by atoms with Crippen LogP contribution in [0.5, 0.6) is 0 Å². The van der Waals surface area contributed by atoms with Crippen LogP contribution >= 0.6 is 0 Å². The van der Waals surface area contributed by atoms with Crippen molar-refractivity contribution in [1.82, 2.24) is 0 Å². The topological polar surface area (TPSA) is 35.2 Å². The maximum Gasteiger partial charge on any atom is 0.0767 e. The molecule has 1 fully saturated rings. The Kier molecular flexibility index (Phi) is 5.41. The zero-order chi connectivity index (χ0) is 13.7. The molecule has 2 atom stereocenters. The monoisotopic (exact) mass is 261 g/mol. The molecular formula is C17H27NO. The molecule has 0 radical (unpaired) electrons. The van der Waals surface area contributed by atoms with E-state index >= 15 is 0 Å². The van der Waals surface area contributed by atoms with Gasteiger partial charge < -0.3 is 10.5 Å². The van der Waals surface area contributed by atoms with Gasteiger partial charge in [0.25, 0.3) is 0 Å². The van der Waals surface area contributed by atoms with Gasteiger partial charge >= 0.3 is 0 Å². The highest BCUT2D eigenvalue weighted by molar-refractivity contribution is 5.28. The van der Waals surface area contributed by atoms with Crippen LogP contribution in [0, 0.1) is 0 Å². The Morgan fingerprint density at radius 1 is 1.21 bits per heavy atom. The molecule has 2 N–H and O–H groups in total. The minimum absolute atomic E-state index is 0.00431. The van der Waals surface area contributed by atoms with E-state index in [1.54, 1.807) is 0 Å². The van der Waals surface area contributed by atoms with Gasteiger partial charge in [0.2, 0.25) is 0 Å². The van der Waals surface area contributed by atoms with Crippen molar-refractivity contribution in [2.75, 3.05) is 6.61 Å². The summed E-state index contributed by atoms with van der Waals surface area (Å²) in [4.78, 5) is 0. The summed E-state index contributed by atoms with van der Waals surface area (Å²) >= 11 is 0. The fraction of sp³-hybridized carbons (Fsp3) is 0.647. The Morgan fingerprint density at radius 2 is 1.89 bits per heavy atom. The van der Waals surface area contributed by atoms with E-state index in [2.05, 4.69) is 31.2 Å². The van der Waals surface area contributed by atoms with Crippen molar-refractivity contribution in [3.05, 3.63) is 35.4 Å². The Labute approximate surface area is 117 Å². The molecule has 0 amide bonds. The van der Waals surface area contributed by atoms with Gasteiger partial charge in [-0.25, -0.2) is 0 Å². The molecular weight excluding hydrogens is 234 g/mol. The van der Waals surface area contributed by atoms with Gasteiger partial charge in [-0.15, -0.1) is 0 Å². The first-order chi connectivity index (χ1) is 9.26. The molecule has 0 saturated heterocycles. The van der Waals surface area contributed by atoms with Gasteiger partial charge in [0.1, 0.15) is 0 Å². The lowest BCUT2D eigenvalue weighted by atomic mass is 9.79. The van der Waals surface area contributed by atoms with Crippen molar-refractivity contribution >= 4 is 0 Å². The van der Waals surface area contributed by atoms with Gasteiger partial charge in [0, 0.05) is 6.61 Å². The third kappa shape index (κ3) is 3.58. The Balaban J connectivity index is 2.02. The predicted molar refractivity (Wildman–Crippen MR) is 80.3 cm³/mol. The molecule has 0 heterocycles. The van der Waals surface area contributed by atoms with Crippen molar-refractivity contribution < 1.29 is 4.74 Å². The molecule has 0 aromatic heterocycles. The molecule has 1 aromatic rings. The first-order valence-corrected chi connectivity index (χ1v) is 7.73. The van der Waals surface area contributed by atoms with Gasteiger partial charge in [-0.1, -0.05) is 44.0 Å². The highest BCUT2D eigenvalue weighted by atomic mass is 16.5. The number of rotatable bonds is 7. The largest absolute Gasteiger partial charge is 0.377 e. The number of hydrogen-bond acceptors (Lipinski definition) is 2. The average Bonchev–Trinajstić information content (AvgIpc) is 2.37. The van der Waals surface area contributed by atoms with Crippen LogP contribution in [0.3, 0.4) is 0 Å². The summed E-state index contributed by atoms with van der Waals surface area (Å²) < 4.78 is 5.78. The predicted octanol–water partition coefficient (Wildman–Crippen LogP) is 4.16. The molecule has 2 heteroatoms. The van der Waals surface area contributed by atoms with Crippen LogP contribution in [0.4, 0.5) is 0 Å². The Bertz CT molecular complexity index is 363. The summed E-state index contributed by atoms with van der Waals surface area (Å²) in [6.07, 6.45) is 6.36. The lowest BCUT2D eigenvalue weighted by molar-refractivity contribution is 0.0374. The molecule has 2 nitrogen and oxygen atoms in total. The summed E-state index contributed by atoms with van der Waals surface area (Å²) in [5.74, 6) is 0.795. The molecule has 0 bridgehead atoms. The summed E-state index contributed by atoms with van der Waals surface area (Å²) in [7, 11) is 0. The van der Waals surface area contributed by atoms with Crippen LogP contribution in [0.1, 0.15) is 69.0 Å². The standard InChI is InChI=1S/C17H27NO/c1-3-6-16(19-4-2)17(18)15-11-9-14(10-12-15)13-7-5-8-13/h9-13,16-17H,3-8,18H2,1-2H3. The molecule has 19 heavy (non-hydrogen) atoms. The van der Waals surface area contributed by atoms with Gasteiger partial charge in [0.05, 0.1) is 12.1 Å². The molecule has 1 aliphatic rings. The summed E-state index contributed by atoms with van der Waals surface area (Å²) in [6.45, 7) is 4.95. The van der Waals surface area contributed by atoms with Crippen molar-refractivity contribution in [1.29, 1.82) is 0 Å². The van der Waals surface area contributed by atoms with E-state index in [4.69, 9.17) is 10.5 Å². The summed E-state index contributed by atoms with van der Waals surface area (Å²) in [5, 5.41) is 0. The number of hydrogen-bond donors (Lipinski definition) is 1. The first kappa shape index (κ1) is 14.5. The molecule has 1 aliphatic carbocycles. The molecule has 2 unspecified atom stereocenters. The zero-order valence-corrected chi connectivity index (χ0v) is 12.3. The smallest absolute Gasteiger partial charge is 0.0767 e. The number of benzene rings is 1. The quantitative estimate of drug-likeness (QED) is 0.800. The number of nitrogens with two attached hydrogens (primary N) is 1. The van der Waals surface area contributed by atoms with Crippen molar-refractivity contribution in [2.45, 2.75) is 64.0 Å². The van der Waals surface area contributed by atoms with Crippen molar-refractivity contribution in [3.63, 3.8) is 0 Å². The molecule has 0 spiro atoms. The summed E-state index contributed by atoms with van der Waals surface area (Å²) in [5.41, 5.74) is 9.04. The second-order valence-corrected chi connectivity index (χ2v) is 5.60.